The standard InChI is InChI=1S/C12H12N4O6/c1-20-10-5-8(9(16(18)19)6-11(10)21-2)7-22-12(17)15-4-3-13-14-15/h3-6H,7H2,1-2H3. The van der Waals surface area contributed by atoms with Gasteiger partial charge in [0.05, 0.1) is 43.2 Å². The summed E-state index contributed by atoms with van der Waals surface area (Å²) in [5, 5.41) is 18.0. The Morgan fingerprint density at radius 1 is 1.32 bits per heavy atom. The number of methoxy groups -OCH3 is 2. The molecule has 0 aliphatic carbocycles. The molecule has 0 unspecified atom stereocenters. The minimum Gasteiger partial charge on any atom is -0.493 e. The second kappa shape index (κ2) is 6.52. The molecule has 0 N–H and O–H groups in total. The minimum atomic E-state index is -0.804. The molecule has 10 nitrogen and oxygen atoms in total. The number of nitrogens with zero attached hydrogens (tertiary/aromatic N) is 4. The summed E-state index contributed by atoms with van der Waals surface area (Å²) in [6.07, 6.45) is 1.80. The van der Waals surface area contributed by atoms with Gasteiger partial charge in [-0.2, -0.15) is 4.68 Å². The fourth-order valence-corrected chi connectivity index (χ4v) is 1.71. The average Bonchev–Trinajstić information content (AvgIpc) is 3.05. The van der Waals surface area contributed by atoms with Crippen molar-refractivity contribution in [2.24, 2.45) is 0 Å². The highest BCUT2D eigenvalue weighted by Crippen LogP contribution is 2.34. The van der Waals surface area contributed by atoms with E-state index < -0.39 is 11.0 Å². The van der Waals surface area contributed by atoms with Crippen LogP contribution in [0.2, 0.25) is 0 Å². The summed E-state index contributed by atoms with van der Waals surface area (Å²) in [6.45, 7) is -0.324. The van der Waals surface area contributed by atoms with Crippen LogP contribution in [0, 0.1) is 10.1 Å². The summed E-state index contributed by atoms with van der Waals surface area (Å²) >= 11 is 0. The molecule has 0 radical (unpaired) electrons. The number of hydrogen-bond acceptors (Lipinski definition) is 8. The topological polar surface area (TPSA) is 119 Å². The van der Waals surface area contributed by atoms with Crippen molar-refractivity contribution in [3.05, 3.63) is 40.2 Å². The first kappa shape index (κ1) is 15.2. The normalized spacial score (nSPS) is 10.1. The zero-order chi connectivity index (χ0) is 16.1. The van der Waals surface area contributed by atoms with Crippen molar-refractivity contribution >= 4 is 11.8 Å². The fourth-order valence-electron chi connectivity index (χ4n) is 1.71. The van der Waals surface area contributed by atoms with Crippen LogP contribution in [0.5, 0.6) is 11.5 Å². The Bertz CT molecular complexity index is 685. The molecule has 1 aromatic heterocycles. The summed E-state index contributed by atoms with van der Waals surface area (Å²) in [5.74, 6) is 0.500. The van der Waals surface area contributed by atoms with Gasteiger partial charge in [-0.25, -0.2) is 4.79 Å². The summed E-state index contributed by atoms with van der Waals surface area (Å²) in [6, 6.07) is 2.59. The van der Waals surface area contributed by atoms with E-state index in [-0.39, 0.29) is 23.6 Å². The maximum atomic E-state index is 11.7. The lowest BCUT2D eigenvalue weighted by Crippen LogP contribution is -2.14. The third-order valence-corrected chi connectivity index (χ3v) is 2.74. The van der Waals surface area contributed by atoms with E-state index in [1.54, 1.807) is 0 Å². The highest BCUT2D eigenvalue weighted by atomic mass is 16.6. The summed E-state index contributed by atoms with van der Waals surface area (Å²) < 4.78 is 15.9. The Hall–Kier alpha value is -3.17. The first-order chi connectivity index (χ1) is 10.6. The second-order valence-electron chi connectivity index (χ2n) is 4.00. The molecule has 2 rings (SSSR count). The number of carbonyl (C=O) groups excluding carboxylic acids is 1. The molecule has 0 bridgehead atoms. The van der Waals surface area contributed by atoms with Crippen LogP contribution in [0.3, 0.4) is 0 Å². The first-order valence-corrected chi connectivity index (χ1v) is 5.99. The Morgan fingerprint density at radius 2 is 2.00 bits per heavy atom. The highest BCUT2D eigenvalue weighted by molar-refractivity contribution is 5.69. The predicted molar refractivity (Wildman–Crippen MR) is 71.8 cm³/mol. The van der Waals surface area contributed by atoms with Crippen LogP contribution in [0.4, 0.5) is 10.5 Å². The Kier molecular flexibility index (Phi) is 4.51. The quantitative estimate of drug-likeness (QED) is 0.600. The van der Waals surface area contributed by atoms with Crippen LogP contribution in [0.15, 0.2) is 24.5 Å². The van der Waals surface area contributed by atoms with Crippen LogP contribution in [-0.2, 0) is 11.3 Å². The van der Waals surface area contributed by atoms with Gasteiger partial charge in [0, 0.05) is 0 Å². The SMILES string of the molecule is COc1cc(COC(=O)n2ccnn2)c([N+](=O)[O-])cc1OC. The number of rotatable bonds is 5. The van der Waals surface area contributed by atoms with E-state index in [1.807, 2.05) is 0 Å². The molecule has 0 saturated carbocycles. The number of carbonyl (C=O) groups is 1. The number of hydrogen-bond donors (Lipinski definition) is 0. The molecule has 2 aromatic rings. The van der Waals surface area contributed by atoms with Crippen molar-refractivity contribution in [1.82, 2.24) is 15.0 Å². The number of aromatic nitrogens is 3. The fraction of sp³-hybridized carbons (Fsp3) is 0.250. The molecule has 0 aliphatic rings. The van der Waals surface area contributed by atoms with Gasteiger partial charge in [-0.15, -0.1) is 5.10 Å². The molecule has 0 atom stereocenters. The molecule has 0 saturated heterocycles. The molecule has 116 valence electrons. The van der Waals surface area contributed by atoms with E-state index in [0.717, 1.165) is 4.68 Å². The van der Waals surface area contributed by atoms with Crippen LogP contribution >= 0.6 is 0 Å². The zero-order valence-electron chi connectivity index (χ0n) is 11.8. The molecule has 0 fully saturated rings. The number of nitro groups is 1. The maximum Gasteiger partial charge on any atom is 0.436 e. The van der Waals surface area contributed by atoms with Gasteiger partial charge < -0.3 is 14.2 Å². The Balaban J connectivity index is 2.25. The zero-order valence-corrected chi connectivity index (χ0v) is 11.8. The van der Waals surface area contributed by atoms with Gasteiger partial charge in [0.25, 0.3) is 5.69 Å². The predicted octanol–water partition coefficient (Wildman–Crippen LogP) is 1.39. The smallest absolute Gasteiger partial charge is 0.436 e. The Labute approximate surface area is 124 Å². The van der Waals surface area contributed by atoms with Gasteiger partial charge in [0.15, 0.2) is 11.5 Å². The monoisotopic (exact) mass is 308 g/mol. The van der Waals surface area contributed by atoms with Crippen molar-refractivity contribution in [1.29, 1.82) is 0 Å². The van der Waals surface area contributed by atoms with Crippen molar-refractivity contribution in [2.45, 2.75) is 6.61 Å². The van der Waals surface area contributed by atoms with E-state index in [0.29, 0.717) is 5.75 Å². The molecular weight excluding hydrogens is 296 g/mol. The molecule has 22 heavy (non-hydrogen) atoms. The van der Waals surface area contributed by atoms with Crippen molar-refractivity contribution in [3.8, 4) is 11.5 Å². The number of benzene rings is 1. The number of ether oxygens (including phenoxy) is 3. The van der Waals surface area contributed by atoms with Gasteiger partial charge in [-0.3, -0.25) is 10.1 Å². The molecular formula is C12H12N4O6. The molecule has 10 heteroatoms. The molecule has 1 aromatic carbocycles. The van der Waals surface area contributed by atoms with Gasteiger partial charge in [-0.05, 0) is 6.07 Å². The van der Waals surface area contributed by atoms with Crippen LogP contribution < -0.4 is 9.47 Å². The van der Waals surface area contributed by atoms with Crippen LogP contribution in [-0.4, -0.2) is 40.2 Å². The second-order valence-corrected chi connectivity index (χ2v) is 4.00. The van der Waals surface area contributed by atoms with Gasteiger partial charge in [0.2, 0.25) is 0 Å². The van der Waals surface area contributed by atoms with E-state index >= 15 is 0 Å². The van der Waals surface area contributed by atoms with E-state index in [9.17, 15) is 14.9 Å². The average molecular weight is 308 g/mol. The lowest BCUT2D eigenvalue weighted by atomic mass is 10.1. The molecule has 0 aliphatic heterocycles. The first-order valence-electron chi connectivity index (χ1n) is 5.99. The van der Waals surface area contributed by atoms with E-state index in [1.165, 1.54) is 38.7 Å². The molecule has 1 heterocycles. The third kappa shape index (κ3) is 3.11. The van der Waals surface area contributed by atoms with Crippen molar-refractivity contribution in [3.63, 3.8) is 0 Å². The third-order valence-electron chi connectivity index (χ3n) is 2.74. The summed E-state index contributed by atoms with van der Waals surface area (Å²) in [5.41, 5.74) is -0.0832. The summed E-state index contributed by atoms with van der Waals surface area (Å²) in [7, 11) is 2.76. The Morgan fingerprint density at radius 3 is 2.55 bits per heavy atom. The van der Waals surface area contributed by atoms with Crippen molar-refractivity contribution in [2.75, 3.05) is 14.2 Å². The minimum absolute atomic E-state index is 0.163. The van der Waals surface area contributed by atoms with Gasteiger partial charge >= 0.3 is 6.09 Å². The van der Waals surface area contributed by atoms with E-state index in [2.05, 4.69) is 10.3 Å². The van der Waals surface area contributed by atoms with Crippen LogP contribution in [0.1, 0.15) is 5.56 Å². The van der Waals surface area contributed by atoms with E-state index in [4.69, 9.17) is 14.2 Å². The number of nitro benzene ring substituents is 1. The maximum absolute atomic E-state index is 11.7. The van der Waals surface area contributed by atoms with Gasteiger partial charge in [-0.1, -0.05) is 5.21 Å². The van der Waals surface area contributed by atoms with Crippen LogP contribution in [0.25, 0.3) is 0 Å². The highest BCUT2D eigenvalue weighted by Gasteiger charge is 2.21. The largest absolute Gasteiger partial charge is 0.493 e. The summed E-state index contributed by atoms with van der Waals surface area (Å²) in [4.78, 5) is 22.2. The lowest BCUT2D eigenvalue weighted by molar-refractivity contribution is -0.385. The molecule has 0 spiro atoms. The van der Waals surface area contributed by atoms with Gasteiger partial charge in [0.1, 0.15) is 6.61 Å². The molecule has 0 amide bonds. The van der Waals surface area contributed by atoms with Crippen molar-refractivity contribution < 1.29 is 23.9 Å². The lowest BCUT2D eigenvalue weighted by Gasteiger charge is -2.10.